The molecular weight excluding hydrogens is 430 g/mol. The van der Waals surface area contributed by atoms with Crippen LogP contribution in [0.2, 0.25) is 5.02 Å². The zero-order valence-corrected chi connectivity index (χ0v) is 18.8. The quantitative estimate of drug-likeness (QED) is 0.556. The second-order valence-electron chi connectivity index (χ2n) is 7.37. The summed E-state index contributed by atoms with van der Waals surface area (Å²) in [5.41, 5.74) is 7.76. The number of methoxy groups -OCH3 is 2. The molecule has 2 heterocycles. The van der Waals surface area contributed by atoms with E-state index in [1.54, 1.807) is 32.4 Å². The zero-order valence-electron chi connectivity index (χ0n) is 18.1. The Morgan fingerprint density at radius 2 is 1.81 bits per heavy atom. The lowest BCUT2D eigenvalue weighted by molar-refractivity contribution is 0.244. The number of rotatable bonds is 7. The Labute approximate surface area is 192 Å². The highest BCUT2D eigenvalue weighted by Crippen LogP contribution is 2.29. The van der Waals surface area contributed by atoms with Crippen LogP contribution in [0.1, 0.15) is 5.82 Å². The normalized spacial score (nSPS) is 14.3. The van der Waals surface area contributed by atoms with Gasteiger partial charge >= 0.3 is 0 Å². The molecule has 0 amide bonds. The van der Waals surface area contributed by atoms with Crippen LogP contribution in [-0.2, 0) is 6.54 Å². The van der Waals surface area contributed by atoms with Crippen LogP contribution < -0.4 is 25.4 Å². The molecule has 1 fully saturated rings. The zero-order chi connectivity index (χ0) is 22.5. The Morgan fingerprint density at radius 3 is 2.56 bits per heavy atom. The minimum atomic E-state index is 0.161. The highest BCUT2D eigenvalue weighted by molar-refractivity contribution is 6.31. The molecule has 4 rings (SSSR count). The van der Waals surface area contributed by atoms with Gasteiger partial charge in [-0.1, -0.05) is 17.7 Å². The summed E-state index contributed by atoms with van der Waals surface area (Å²) in [6, 6.07) is 13.4. The number of hydrogen-bond acceptors (Lipinski definition) is 9. The molecule has 10 heteroatoms. The molecule has 0 aliphatic carbocycles. The molecule has 9 nitrogen and oxygen atoms in total. The summed E-state index contributed by atoms with van der Waals surface area (Å²) in [4.78, 5) is 17.7. The van der Waals surface area contributed by atoms with E-state index in [-0.39, 0.29) is 5.95 Å². The molecule has 3 aromatic rings. The molecule has 32 heavy (non-hydrogen) atoms. The number of hydrogen-bond donors (Lipinski definition) is 2. The summed E-state index contributed by atoms with van der Waals surface area (Å²) in [6.07, 6.45) is 0. The van der Waals surface area contributed by atoms with Crippen molar-refractivity contribution in [3.05, 3.63) is 53.3 Å². The van der Waals surface area contributed by atoms with Crippen molar-refractivity contribution in [2.24, 2.45) is 0 Å². The number of ether oxygens (including phenoxy) is 2. The lowest BCUT2D eigenvalue weighted by Gasteiger charge is -2.35. The average molecular weight is 456 g/mol. The van der Waals surface area contributed by atoms with Crippen molar-refractivity contribution in [2.75, 3.05) is 56.3 Å². The first-order chi connectivity index (χ1) is 15.5. The van der Waals surface area contributed by atoms with Gasteiger partial charge in [0.25, 0.3) is 0 Å². The van der Waals surface area contributed by atoms with Gasteiger partial charge in [-0.15, -0.1) is 0 Å². The highest BCUT2D eigenvalue weighted by Gasteiger charge is 2.19. The van der Waals surface area contributed by atoms with Gasteiger partial charge < -0.3 is 25.4 Å². The van der Waals surface area contributed by atoms with Gasteiger partial charge in [0.05, 0.1) is 26.5 Å². The fourth-order valence-corrected chi connectivity index (χ4v) is 3.81. The van der Waals surface area contributed by atoms with Crippen LogP contribution in [0.25, 0.3) is 0 Å². The topological polar surface area (TPSA) is 102 Å². The number of nitrogens with zero attached hydrogens (tertiary/aromatic N) is 5. The first-order valence-corrected chi connectivity index (χ1v) is 10.6. The van der Waals surface area contributed by atoms with E-state index in [1.807, 2.05) is 12.1 Å². The van der Waals surface area contributed by atoms with Crippen LogP contribution in [0, 0.1) is 0 Å². The van der Waals surface area contributed by atoms with Gasteiger partial charge in [0, 0.05) is 43.0 Å². The molecule has 1 aliphatic heterocycles. The van der Waals surface area contributed by atoms with Crippen LogP contribution in [-0.4, -0.2) is 60.3 Å². The summed E-state index contributed by atoms with van der Waals surface area (Å²) in [5.74, 6) is 2.61. The first kappa shape index (κ1) is 21.9. The van der Waals surface area contributed by atoms with Crippen molar-refractivity contribution < 1.29 is 9.47 Å². The van der Waals surface area contributed by atoms with Crippen molar-refractivity contribution in [2.45, 2.75) is 6.54 Å². The first-order valence-electron chi connectivity index (χ1n) is 10.3. The molecule has 0 spiro atoms. The fourth-order valence-electron chi connectivity index (χ4n) is 3.63. The van der Waals surface area contributed by atoms with E-state index in [0.717, 1.165) is 37.6 Å². The number of nitrogens with one attached hydrogen (secondary N) is 1. The third-order valence-corrected chi connectivity index (χ3v) is 5.50. The monoisotopic (exact) mass is 455 g/mol. The molecule has 1 aromatic heterocycles. The molecule has 0 unspecified atom stereocenters. The maximum atomic E-state index is 6.11. The second-order valence-corrected chi connectivity index (χ2v) is 7.80. The molecule has 168 valence electrons. The lowest BCUT2D eigenvalue weighted by atomic mass is 10.2. The van der Waals surface area contributed by atoms with Crippen molar-refractivity contribution in [3.8, 4) is 11.5 Å². The van der Waals surface area contributed by atoms with Crippen LogP contribution in [0.5, 0.6) is 11.5 Å². The SMILES string of the molecule is COc1cccc(N2CCN(Cc3nc(N)nc(Nc4cc(Cl)ccc4OC)n3)CC2)c1. The van der Waals surface area contributed by atoms with E-state index in [4.69, 9.17) is 26.8 Å². The molecule has 0 bridgehead atoms. The van der Waals surface area contributed by atoms with Crippen LogP contribution >= 0.6 is 11.6 Å². The number of halogens is 1. The van der Waals surface area contributed by atoms with E-state index in [2.05, 4.69) is 42.2 Å². The van der Waals surface area contributed by atoms with E-state index in [1.165, 1.54) is 0 Å². The highest BCUT2D eigenvalue weighted by atomic mass is 35.5. The second kappa shape index (κ2) is 9.88. The summed E-state index contributed by atoms with van der Waals surface area (Å²) in [7, 11) is 3.27. The predicted molar refractivity (Wildman–Crippen MR) is 126 cm³/mol. The lowest BCUT2D eigenvalue weighted by Crippen LogP contribution is -2.46. The van der Waals surface area contributed by atoms with Crippen LogP contribution in [0.3, 0.4) is 0 Å². The molecule has 0 radical (unpaired) electrons. The Hall–Kier alpha value is -3.30. The number of aromatic nitrogens is 3. The van der Waals surface area contributed by atoms with Crippen LogP contribution in [0.15, 0.2) is 42.5 Å². The van der Waals surface area contributed by atoms with Crippen molar-refractivity contribution >= 4 is 34.9 Å². The number of nitrogens with two attached hydrogens (primary N) is 1. The Bertz CT molecular complexity index is 1070. The summed E-state index contributed by atoms with van der Waals surface area (Å²) < 4.78 is 10.7. The Morgan fingerprint density at radius 1 is 1.00 bits per heavy atom. The molecule has 0 saturated carbocycles. The molecule has 1 saturated heterocycles. The Balaban J connectivity index is 1.41. The van der Waals surface area contributed by atoms with Gasteiger partial charge in [0.1, 0.15) is 17.3 Å². The minimum Gasteiger partial charge on any atom is -0.497 e. The third kappa shape index (κ3) is 5.30. The Kier molecular flexibility index (Phi) is 6.77. The summed E-state index contributed by atoms with van der Waals surface area (Å²) in [6.45, 7) is 4.15. The molecule has 0 atom stereocenters. The predicted octanol–water partition coefficient (Wildman–Crippen LogP) is 3.19. The fraction of sp³-hybridized carbons (Fsp3) is 0.318. The van der Waals surface area contributed by atoms with Crippen molar-refractivity contribution in [3.63, 3.8) is 0 Å². The van der Waals surface area contributed by atoms with E-state index in [9.17, 15) is 0 Å². The van der Waals surface area contributed by atoms with E-state index >= 15 is 0 Å². The van der Waals surface area contributed by atoms with Crippen LogP contribution in [0.4, 0.5) is 23.3 Å². The molecule has 2 aromatic carbocycles. The maximum Gasteiger partial charge on any atom is 0.232 e. The van der Waals surface area contributed by atoms with Gasteiger partial charge in [-0.05, 0) is 30.3 Å². The van der Waals surface area contributed by atoms with Crippen molar-refractivity contribution in [1.82, 2.24) is 19.9 Å². The largest absolute Gasteiger partial charge is 0.497 e. The van der Waals surface area contributed by atoms with E-state index in [0.29, 0.717) is 34.8 Å². The third-order valence-electron chi connectivity index (χ3n) is 5.26. The van der Waals surface area contributed by atoms with Gasteiger partial charge in [-0.25, -0.2) is 0 Å². The number of piperazine rings is 1. The standard InChI is InChI=1S/C22H26ClN7O2/c1-31-17-5-3-4-16(13-17)30-10-8-29(9-11-30)14-20-26-21(24)28-22(27-20)25-18-12-15(23)6-7-19(18)32-2/h3-7,12-13H,8-11,14H2,1-2H3,(H3,24,25,26,27,28). The number of benzene rings is 2. The molecule has 3 N–H and O–H groups in total. The van der Waals surface area contributed by atoms with Gasteiger partial charge in [-0.2, -0.15) is 15.0 Å². The van der Waals surface area contributed by atoms with Gasteiger partial charge in [-0.3, -0.25) is 4.90 Å². The number of nitrogen functional groups attached to an aromatic ring is 1. The molecule has 1 aliphatic rings. The smallest absolute Gasteiger partial charge is 0.232 e. The van der Waals surface area contributed by atoms with Gasteiger partial charge in [0.2, 0.25) is 11.9 Å². The number of anilines is 4. The van der Waals surface area contributed by atoms with E-state index < -0.39 is 0 Å². The van der Waals surface area contributed by atoms with Crippen molar-refractivity contribution in [1.29, 1.82) is 0 Å². The van der Waals surface area contributed by atoms with Gasteiger partial charge in [0.15, 0.2) is 0 Å². The molecular formula is C22H26ClN7O2. The minimum absolute atomic E-state index is 0.161. The summed E-state index contributed by atoms with van der Waals surface area (Å²) in [5, 5.41) is 3.71. The summed E-state index contributed by atoms with van der Waals surface area (Å²) >= 11 is 6.11. The maximum absolute atomic E-state index is 6.11. The average Bonchev–Trinajstić information content (AvgIpc) is 2.79.